The Balaban J connectivity index is 2.01. The first-order valence-electron chi connectivity index (χ1n) is 8.32. The molecule has 1 atom stereocenters. The summed E-state index contributed by atoms with van der Waals surface area (Å²) in [6.07, 6.45) is -0.667. The normalized spacial score (nSPS) is 11.8. The summed E-state index contributed by atoms with van der Waals surface area (Å²) in [4.78, 5) is 11.4. The van der Waals surface area contributed by atoms with Crippen LogP contribution in [0.15, 0.2) is 57.5 Å². The highest BCUT2D eigenvalue weighted by Gasteiger charge is 2.25. The van der Waals surface area contributed by atoms with Gasteiger partial charge in [-0.15, -0.1) is 0 Å². The van der Waals surface area contributed by atoms with E-state index in [9.17, 15) is 9.90 Å². The lowest BCUT2D eigenvalue weighted by Crippen LogP contribution is -2.29. The molecule has 0 unspecified atom stereocenters. The molecule has 0 spiro atoms. The van der Waals surface area contributed by atoms with Crippen molar-refractivity contribution in [3.05, 3.63) is 69.8 Å². The quantitative estimate of drug-likeness (QED) is 0.576. The predicted octanol–water partition coefficient (Wildman–Crippen LogP) is 4.97. The van der Waals surface area contributed by atoms with Crippen LogP contribution in [0.5, 0.6) is 5.75 Å². The van der Waals surface area contributed by atoms with Crippen molar-refractivity contribution < 1.29 is 19.2 Å². The Hall–Kier alpha value is -2.80. The van der Waals surface area contributed by atoms with Gasteiger partial charge in [0.1, 0.15) is 5.75 Å². The Morgan fingerprint density at radius 2 is 2.04 bits per heavy atom. The number of aryl methyl sites for hydroxylation is 1. The number of carbonyl (C=O) groups is 1. The number of aromatic nitrogens is 1. The molecular formula is C20H19BrN2O4. The largest absolute Gasteiger partial charge is 0.497 e. The highest BCUT2D eigenvalue weighted by atomic mass is 79.9. The van der Waals surface area contributed by atoms with Gasteiger partial charge in [-0.1, -0.05) is 45.4 Å². The fourth-order valence-electron chi connectivity index (χ4n) is 3.01. The second kappa shape index (κ2) is 8.26. The molecule has 1 aromatic heterocycles. The number of nitrogens with zero attached hydrogens (tertiary/aromatic N) is 1. The van der Waals surface area contributed by atoms with Gasteiger partial charge in [-0.25, -0.2) is 4.79 Å². The first-order valence-corrected chi connectivity index (χ1v) is 9.11. The number of hydrogen-bond acceptors (Lipinski definition) is 4. The zero-order valence-corrected chi connectivity index (χ0v) is 16.5. The Morgan fingerprint density at radius 3 is 2.70 bits per heavy atom. The molecule has 0 fully saturated rings. The summed E-state index contributed by atoms with van der Waals surface area (Å²) < 4.78 is 11.8. The SMILES string of the molecule is COc1cccc(C[C@@H](NC(=O)O)c2c(C)noc2-c2ccc(Br)cc2)c1. The first-order chi connectivity index (χ1) is 13.0. The van der Waals surface area contributed by atoms with Crippen LogP contribution in [0.4, 0.5) is 4.79 Å². The van der Waals surface area contributed by atoms with E-state index in [0.717, 1.165) is 26.9 Å². The van der Waals surface area contributed by atoms with Crippen LogP contribution in [0.25, 0.3) is 11.3 Å². The Bertz CT molecular complexity index is 937. The summed E-state index contributed by atoms with van der Waals surface area (Å²) in [6, 6.07) is 14.6. The van der Waals surface area contributed by atoms with Gasteiger partial charge in [0.15, 0.2) is 5.76 Å². The minimum Gasteiger partial charge on any atom is -0.497 e. The molecule has 6 nitrogen and oxygen atoms in total. The van der Waals surface area contributed by atoms with Gasteiger partial charge < -0.3 is 19.7 Å². The average Bonchev–Trinajstić information content (AvgIpc) is 3.03. The van der Waals surface area contributed by atoms with Gasteiger partial charge in [0.25, 0.3) is 0 Å². The van der Waals surface area contributed by atoms with Gasteiger partial charge in [-0.05, 0) is 43.2 Å². The molecule has 3 rings (SSSR count). The third-order valence-corrected chi connectivity index (χ3v) is 4.76. The third kappa shape index (κ3) is 4.49. The van der Waals surface area contributed by atoms with Gasteiger partial charge in [0, 0.05) is 15.6 Å². The van der Waals surface area contributed by atoms with Crippen molar-refractivity contribution in [3.8, 4) is 17.1 Å². The topological polar surface area (TPSA) is 84.6 Å². The molecule has 0 saturated heterocycles. The van der Waals surface area contributed by atoms with E-state index in [4.69, 9.17) is 9.26 Å². The fourth-order valence-corrected chi connectivity index (χ4v) is 3.27. The van der Waals surface area contributed by atoms with Crippen LogP contribution >= 0.6 is 15.9 Å². The Kier molecular flexibility index (Phi) is 5.81. The second-order valence-electron chi connectivity index (χ2n) is 6.08. The van der Waals surface area contributed by atoms with Crippen LogP contribution in [0.2, 0.25) is 0 Å². The minimum atomic E-state index is -1.11. The highest BCUT2D eigenvalue weighted by molar-refractivity contribution is 9.10. The van der Waals surface area contributed by atoms with Crippen LogP contribution < -0.4 is 10.1 Å². The van der Waals surface area contributed by atoms with Crippen molar-refractivity contribution in [2.75, 3.05) is 7.11 Å². The van der Waals surface area contributed by atoms with Gasteiger partial charge in [-0.2, -0.15) is 0 Å². The average molecular weight is 431 g/mol. The van der Waals surface area contributed by atoms with Crippen molar-refractivity contribution >= 4 is 22.0 Å². The Labute approximate surface area is 165 Å². The van der Waals surface area contributed by atoms with Crippen molar-refractivity contribution in [1.29, 1.82) is 0 Å². The summed E-state index contributed by atoms with van der Waals surface area (Å²) in [6.45, 7) is 1.81. The smallest absolute Gasteiger partial charge is 0.405 e. The Morgan fingerprint density at radius 1 is 1.30 bits per heavy atom. The summed E-state index contributed by atoms with van der Waals surface area (Å²) in [7, 11) is 1.60. The van der Waals surface area contributed by atoms with E-state index in [1.807, 2.05) is 55.5 Å². The van der Waals surface area contributed by atoms with Crippen LogP contribution in [-0.2, 0) is 6.42 Å². The van der Waals surface area contributed by atoms with Crippen LogP contribution in [0, 0.1) is 6.92 Å². The van der Waals surface area contributed by atoms with Gasteiger partial charge in [0.05, 0.1) is 18.8 Å². The van der Waals surface area contributed by atoms with Gasteiger partial charge in [0.2, 0.25) is 0 Å². The van der Waals surface area contributed by atoms with E-state index in [1.54, 1.807) is 7.11 Å². The summed E-state index contributed by atoms with van der Waals surface area (Å²) in [5.41, 5.74) is 3.14. The summed E-state index contributed by atoms with van der Waals surface area (Å²) in [5.74, 6) is 1.28. The molecule has 2 aromatic carbocycles. The van der Waals surface area contributed by atoms with Crippen molar-refractivity contribution in [1.82, 2.24) is 10.5 Å². The number of hydrogen-bond donors (Lipinski definition) is 2. The van der Waals surface area contributed by atoms with E-state index in [2.05, 4.69) is 26.4 Å². The van der Waals surface area contributed by atoms with E-state index in [-0.39, 0.29) is 0 Å². The minimum absolute atomic E-state index is 0.440. The van der Waals surface area contributed by atoms with E-state index in [0.29, 0.717) is 17.9 Å². The number of ether oxygens (including phenoxy) is 1. The zero-order valence-electron chi connectivity index (χ0n) is 14.9. The second-order valence-corrected chi connectivity index (χ2v) is 6.99. The number of halogens is 1. The molecule has 0 radical (unpaired) electrons. The molecule has 0 aliphatic heterocycles. The van der Waals surface area contributed by atoms with E-state index < -0.39 is 12.1 Å². The molecule has 0 bridgehead atoms. The number of amides is 1. The monoisotopic (exact) mass is 430 g/mol. The molecule has 3 aromatic rings. The summed E-state index contributed by atoms with van der Waals surface area (Å²) >= 11 is 3.41. The third-order valence-electron chi connectivity index (χ3n) is 4.23. The molecule has 1 heterocycles. The number of methoxy groups -OCH3 is 1. The van der Waals surface area contributed by atoms with Crippen molar-refractivity contribution in [2.45, 2.75) is 19.4 Å². The van der Waals surface area contributed by atoms with Gasteiger partial charge in [-0.3, -0.25) is 0 Å². The summed E-state index contributed by atoms with van der Waals surface area (Å²) in [5, 5.41) is 16.0. The van der Waals surface area contributed by atoms with Crippen LogP contribution in [0.3, 0.4) is 0 Å². The number of nitrogens with one attached hydrogen (secondary N) is 1. The van der Waals surface area contributed by atoms with Crippen LogP contribution in [-0.4, -0.2) is 23.5 Å². The maximum absolute atomic E-state index is 11.4. The van der Waals surface area contributed by atoms with E-state index in [1.165, 1.54) is 0 Å². The maximum Gasteiger partial charge on any atom is 0.405 e. The highest BCUT2D eigenvalue weighted by Crippen LogP contribution is 2.33. The number of carboxylic acid groups (broad SMARTS) is 1. The zero-order chi connectivity index (χ0) is 19.4. The lowest BCUT2D eigenvalue weighted by atomic mass is 9.95. The van der Waals surface area contributed by atoms with Gasteiger partial charge >= 0.3 is 6.09 Å². The lowest BCUT2D eigenvalue weighted by molar-refractivity contribution is 0.190. The first kappa shape index (κ1) is 19.0. The van der Waals surface area contributed by atoms with E-state index >= 15 is 0 Å². The van der Waals surface area contributed by atoms with Crippen LogP contribution in [0.1, 0.15) is 22.9 Å². The lowest BCUT2D eigenvalue weighted by Gasteiger charge is -2.18. The molecule has 140 valence electrons. The standard InChI is InChI=1S/C20H19BrN2O4/c1-12-18(19(27-23-12)14-6-8-15(21)9-7-14)17(22-20(24)25)11-13-4-3-5-16(10-13)26-2/h3-10,17,22H,11H2,1-2H3,(H,24,25)/t17-/m1/s1. The van der Waals surface area contributed by atoms with Crippen molar-refractivity contribution in [2.24, 2.45) is 0 Å². The molecule has 0 saturated carbocycles. The molecule has 0 aliphatic rings. The fraction of sp³-hybridized carbons (Fsp3) is 0.200. The molecule has 7 heteroatoms. The van der Waals surface area contributed by atoms with Crippen molar-refractivity contribution in [3.63, 3.8) is 0 Å². The molecular weight excluding hydrogens is 412 g/mol. The molecule has 2 N–H and O–H groups in total. The maximum atomic E-state index is 11.4. The molecule has 27 heavy (non-hydrogen) atoms. The number of rotatable bonds is 6. The predicted molar refractivity (Wildman–Crippen MR) is 105 cm³/mol. The number of benzene rings is 2. The molecule has 1 amide bonds. The molecule has 0 aliphatic carbocycles.